The molecule has 5 N–H and O–H groups in total. The van der Waals surface area contributed by atoms with E-state index in [0.29, 0.717) is 9.88 Å². The molecule has 0 saturated heterocycles. The molecule has 0 unspecified atom stereocenters. The van der Waals surface area contributed by atoms with Crippen LogP contribution < -0.4 is 16.8 Å². The predicted molar refractivity (Wildman–Crippen MR) is 65.4 cm³/mol. The Kier molecular flexibility index (Phi) is 4.14. The molecule has 0 aliphatic rings. The number of nitrogen functional groups attached to an aromatic ring is 1. The van der Waals surface area contributed by atoms with Gasteiger partial charge >= 0.3 is 0 Å². The lowest BCUT2D eigenvalue weighted by atomic mass is 10.2. The van der Waals surface area contributed by atoms with Crippen molar-refractivity contribution in [3.63, 3.8) is 0 Å². The molecule has 1 aromatic rings. The SMILES string of the molecule is CCCCNc1sc(C#N)c(N)c1C(N)=O. The monoisotopic (exact) mass is 238 g/mol. The van der Waals surface area contributed by atoms with Gasteiger partial charge in [-0.2, -0.15) is 5.26 Å². The predicted octanol–water partition coefficient (Wildman–Crippen LogP) is 1.51. The Balaban J connectivity index is 2.99. The summed E-state index contributed by atoms with van der Waals surface area (Å²) in [5.41, 5.74) is 11.3. The largest absolute Gasteiger partial charge is 0.396 e. The fourth-order valence-corrected chi connectivity index (χ4v) is 2.22. The van der Waals surface area contributed by atoms with Gasteiger partial charge in [-0.25, -0.2) is 0 Å². The lowest BCUT2D eigenvalue weighted by Gasteiger charge is -2.04. The van der Waals surface area contributed by atoms with E-state index in [4.69, 9.17) is 16.7 Å². The summed E-state index contributed by atoms with van der Waals surface area (Å²) in [4.78, 5) is 11.5. The van der Waals surface area contributed by atoms with Crippen molar-refractivity contribution in [2.45, 2.75) is 19.8 Å². The molecule has 86 valence electrons. The third-order valence-electron chi connectivity index (χ3n) is 2.11. The van der Waals surface area contributed by atoms with Gasteiger partial charge in [-0.3, -0.25) is 4.79 Å². The van der Waals surface area contributed by atoms with E-state index in [0.717, 1.165) is 19.4 Å². The minimum absolute atomic E-state index is 0.180. The van der Waals surface area contributed by atoms with Crippen molar-refractivity contribution in [3.8, 4) is 6.07 Å². The lowest BCUT2D eigenvalue weighted by Crippen LogP contribution is -2.15. The van der Waals surface area contributed by atoms with Crippen molar-refractivity contribution in [3.05, 3.63) is 10.4 Å². The number of anilines is 2. The summed E-state index contributed by atoms with van der Waals surface area (Å²) in [5.74, 6) is -0.603. The average molecular weight is 238 g/mol. The number of nitrogens with one attached hydrogen (secondary N) is 1. The van der Waals surface area contributed by atoms with Crippen LogP contribution in [0, 0.1) is 11.3 Å². The molecule has 0 atom stereocenters. The number of nitrogens with two attached hydrogens (primary N) is 2. The first-order chi connectivity index (χ1) is 7.61. The van der Waals surface area contributed by atoms with Gasteiger partial charge in [0.15, 0.2) is 0 Å². The zero-order chi connectivity index (χ0) is 12.1. The Morgan fingerprint density at radius 2 is 2.31 bits per heavy atom. The molecule has 0 bridgehead atoms. The van der Waals surface area contributed by atoms with Crippen LogP contribution in [0.25, 0.3) is 0 Å². The highest BCUT2D eigenvalue weighted by molar-refractivity contribution is 7.17. The van der Waals surface area contributed by atoms with Gasteiger partial charge in [-0.15, -0.1) is 11.3 Å². The first kappa shape index (κ1) is 12.3. The molecular weight excluding hydrogens is 224 g/mol. The maximum absolute atomic E-state index is 11.2. The second-order valence-electron chi connectivity index (χ2n) is 3.31. The Morgan fingerprint density at radius 3 is 2.81 bits per heavy atom. The molecule has 6 heteroatoms. The number of hydrogen-bond donors (Lipinski definition) is 3. The average Bonchev–Trinajstić information content (AvgIpc) is 2.55. The highest BCUT2D eigenvalue weighted by atomic mass is 32.1. The summed E-state index contributed by atoms with van der Waals surface area (Å²) in [5, 5.41) is 12.5. The van der Waals surface area contributed by atoms with Crippen LogP contribution >= 0.6 is 11.3 Å². The van der Waals surface area contributed by atoms with Crippen LogP contribution in [0.5, 0.6) is 0 Å². The Morgan fingerprint density at radius 1 is 1.62 bits per heavy atom. The highest BCUT2D eigenvalue weighted by Crippen LogP contribution is 2.34. The second-order valence-corrected chi connectivity index (χ2v) is 4.33. The Hall–Kier alpha value is -1.74. The van der Waals surface area contributed by atoms with Crippen LogP contribution in [0.1, 0.15) is 35.0 Å². The maximum Gasteiger partial charge on any atom is 0.253 e. The molecule has 0 fully saturated rings. The molecule has 1 rings (SSSR count). The summed E-state index contributed by atoms with van der Waals surface area (Å²) in [6, 6.07) is 1.95. The molecule has 0 aliphatic heterocycles. The van der Waals surface area contributed by atoms with Gasteiger partial charge in [-0.1, -0.05) is 13.3 Å². The number of unbranched alkanes of at least 4 members (excludes halogenated alkanes) is 1. The summed E-state index contributed by atoms with van der Waals surface area (Å²) in [6.45, 7) is 2.81. The van der Waals surface area contributed by atoms with Crippen molar-refractivity contribution in [2.24, 2.45) is 5.73 Å². The molecule has 1 heterocycles. The molecule has 0 saturated carbocycles. The number of thiophene rings is 1. The third kappa shape index (κ3) is 2.44. The van der Waals surface area contributed by atoms with Gasteiger partial charge in [0.25, 0.3) is 5.91 Å². The molecule has 0 aromatic carbocycles. The van der Waals surface area contributed by atoms with Crippen molar-refractivity contribution in [1.82, 2.24) is 0 Å². The smallest absolute Gasteiger partial charge is 0.253 e. The molecule has 0 radical (unpaired) electrons. The van der Waals surface area contributed by atoms with Crippen molar-refractivity contribution < 1.29 is 4.79 Å². The van der Waals surface area contributed by atoms with E-state index in [9.17, 15) is 4.79 Å². The normalized spacial score (nSPS) is 9.75. The highest BCUT2D eigenvalue weighted by Gasteiger charge is 2.19. The van der Waals surface area contributed by atoms with Gasteiger partial charge in [0.1, 0.15) is 15.9 Å². The molecule has 0 aliphatic carbocycles. The summed E-state index contributed by atoms with van der Waals surface area (Å²) in [7, 11) is 0. The van der Waals surface area contributed by atoms with Crippen LogP contribution in [0.4, 0.5) is 10.7 Å². The van der Waals surface area contributed by atoms with Crippen LogP contribution in [-0.4, -0.2) is 12.5 Å². The zero-order valence-corrected chi connectivity index (χ0v) is 9.86. The zero-order valence-electron chi connectivity index (χ0n) is 9.04. The Bertz CT molecular complexity index is 433. The quantitative estimate of drug-likeness (QED) is 0.676. The van der Waals surface area contributed by atoms with Gasteiger partial charge in [0, 0.05) is 6.54 Å². The van der Waals surface area contributed by atoms with Crippen LogP contribution in [0.15, 0.2) is 0 Å². The number of primary amides is 1. The first-order valence-corrected chi connectivity index (χ1v) is 5.79. The van der Waals surface area contributed by atoms with Crippen molar-refractivity contribution >= 4 is 27.9 Å². The van der Waals surface area contributed by atoms with Gasteiger partial charge < -0.3 is 16.8 Å². The maximum atomic E-state index is 11.2. The fraction of sp³-hybridized carbons (Fsp3) is 0.400. The first-order valence-electron chi connectivity index (χ1n) is 4.97. The van der Waals surface area contributed by atoms with E-state index in [1.165, 1.54) is 11.3 Å². The number of rotatable bonds is 5. The lowest BCUT2D eigenvalue weighted by molar-refractivity contribution is 0.100. The van der Waals surface area contributed by atoms with Crippen LogP contribution in [-0.2, 0) is 0 Å². The fourth-order valence-electron chi connectivity index (χ4n) is 1.27. The number of nitriles is 1. The molecule has 1 aromatic heterocycles. The van der Waals surface area contributed by atoms with Crippen LogP contribution in [0.2, 0.25) is 0 Å². The summed E-state index contributed by atoms with van der Waals surface area (Å²) in [6.07, 6.45) is 2.03. The Labute approximate surface area is 98.0 Å². The van der Waals surface area contributed by atoms with E-state index in [1.807, 2.05) is 6.07 Å². The summed E-state index contributed by atoms with van der Waals surface area (Å²) < 4.78 is 0. The van der Waals surface area contributed by atoms with E-state index in [-0.39, 0.29) is 11.3 Å². The van der Waals surface area contributed by atoms with Crippen molar-refractivity contribution in [2.75, 3.05) is 17.6 Å². The number of amides is 1. The standard InChI is InChI=1S/C10H14N4OS/c1-2-3-4-14-10-7(9(13)15)8(12)6(5-11)16-10/h14H,2-4,12H2,1H3,(H2,13,15). The van der Waals surface area contributed by atoms with Gasteiger partial charge in [0.05, 0.1) is 11.3 Å². The van der Waals surface area contributed by atoms with E-state index in [1.54, 1.807) is 0 Å². The second kappa shape index (κ2) is 5.37. The van der Waals surface area contributed by atoms with E-state index < -0.39 is 5.91 Å². The third-order valence-corrected chi connectivity index (χ3v) is 3.18. The number of carbonyl (C=O) groups excluding carboxylic acids is 1. The molecule has 5 nitrogen and oxygen atoms in total. The molecule has 0 spiro atoms. The summed E-state index contributed by atoms with van der Waals surface area (Å²) >= 11 is 1.17. The number of nitrogens with zero attached hydrogens (tertiary/aromatic N) is 1. The molecule has 16 heavy (non-hydrogen) atoms. The van der Waals surface area contributed by atoms with Crippen LogP contribution in [0.3, 0.4) is 0 Å². The molecular formula is C10H14N4OS. The van der Waals surface area contributed by atoms with E-state index >= 15 is 0 Å². The topological polar surface area (TPSA) is 105 Å². The van der Waals surface area contributed by atoms with E-state index in [2.05, 4.69) is 12.2 Å². The minimum atomic E-state index is -0.603. The molecule has 1 amide bonds. The van der Waals surface area contributed by atoms with Crippen molar-refractivity contribution in [1.29, 1.82) is 5.26 Å². The number of hydrogen-bond acceptors (Lipinski definition) is 5. The van der Waals surface area contributed by atoms with Gasteiger partial charge in [-0.05, 0) is 6.42 Å². The minimum Gasteiger partial charge on any atom is -0.396 e. The number of carbonyl (C=O) groups is 1. The van der Waals surface area contributed by atoms with Gasteiger partial charge in [0.2, 0.25) is 0 Å².